The molecule has 1 aromatic heterocycles. The van der Waals surface area contributed by atoms with E-state index < -0.39 is 0 Å². The van der Waals surface area contributed by atoms with E-state index in [0.29, 0.717) is 28.2 Å². The first-order valence-corrected chi connectivity index (χ1v) is 7.40. The van der Waals surface area contributed by atoms with Crippen LogP contribution in [0.15, 0.2) is 59.0 Å². The maximum absolute atomic E-state index is 12.5. The van der Waals surface area contributed by atoms with Gasteiger partial charge in [0, 0.05) is 22.7 Å². The lowest BCUT2D eigenvalue weighted by atomic mass is 10.0. The van der Waals surface area contributed by atoms with Crippen LogP contribution in [0.3, 0.4) is 0 Å². The number of hydrogen-bond donors (Lipinski definition) is 1. The van der Waals surface area contributed by atoms with E-state index in [9.17, 15) is 9.59 Å². The van der Waals surface area contributed by atoms with E-state index in [1.165, 1.54) is 6.08 Å². The molecule has 0 saturated heterocycles. The van der Waals surface area contributed by atoms with Gasteiger partial charge >= 0.3 is 0 Å². The number of furan rings is 1. The molecule has 1 N–H and O–H groups in total. The predicted molar refractivity (Wildman–Crippen MR) is 90.1 cm³/mol. The van der Waals surface area contributed by atoms with Crippen LogP contribution in [0.25, 0.3) is 16.5 Å². The average molecular weight is 319 g/mol. The van der Waals surface area contributed by atoms with Crippen molar-refractivity contribution in [3.05, 3.63) is 65.9 Å². The highest BCUT2D eigenvalue weighted by Crippen LogP contribution is 2.34. The van der Waals surface area contributed by atoms with Crippen LogP contribution in [0.2, 0.25) is 0 Å². The zero-order valence-electron chi connectivity index (χ0n) is 12.8. The minimum atomic E-state index is -0.355. The molecule has 5 nitrogen and oxygen atoms in total. The molecule has 2 heterocycles. The lowest BCUT2D eigenvalue weighted by Crippen LogP contribution is -2.05. The van der Waals surface area contributed by atoms with Gasteiger partial charge in [0.15, 0.2) is 5.76 Å². The van der Waals surface area contributed by atoms with Gasteiger partial charge in [0.1, 0.15) is 11.3 Å². The van der Waals surface area contributed by atoms with E-state index in [0.717, 1.165) is 5.39 Å². The number of anilines is 1. The second-order valence-corrected chi connectivity index (χ2v) is 5.44. The Kier molecular flexibility index (Phi) is 3.20. The maximum atomic E-state index is 12.5. The fraction of sp³-hybridized carbons (Fsp3) is 0.0526. The number of methoxy groups -OCH3 is 1. The Morgan fingerprint density at radius 1 is 1.17 bits per heavy atom. The summed E-state index contributed by atoms with van der Waals surface area (Å²) in [6, 6.07) is 14.3. The second-order valence-electron chi connectivity index (χ2n) is 5.44. The smallest absolute Gasteiger partial charge is 0.256 e. The van der Waals surface area contributed by atoms with Gasteiger partial charge in [-0.3, -0.25) is 9.59 Å². The summed E-state index contributed by atoms with van der Waals surface area (Å²) >= 11 is 0. The zero-order chi connectivity index (χ0) is 16.7. The van der Waals surface area contributed by atoms with Crippen LogP contribution in [0, 0.1) is 0 Å². The summed E-state index contributed by atoms with van der Waals surface area (Å²) in [5, 5.41) is 3.58. The number of ether oxygens (including phenoxy) is 1. The van der Waals surface area contributed by atoms with Crippen LogP contribution < -0.4 is 10.1 Å². The highest BCUT2D eigenvalue weighted by atomic mass is 16.5. The number of allylic oxidation sites excluding steroid dienone is 1. The molecule has 1 amide bonds. The molecule has 5 heteroatoms. The lowest BCUT2D eigenvalue weighted by Gasteiger charge is -2.02. The van der Waals surface area contributed by atoms with Gasteiger partial charge in [-0.1, -0.05) is 18.2 Å². The molecule has 2 aromatic carbocycles. The van der Waals surface area contributed by atoms with Gasteiger partial charge in [0.25, 0.3) is 5.91 Å². The van der Waals surface area contributed by atoms with Gasteiger partial charge in [-0.15, -0.1) is 0 Å². The van der Waals surface area contributed by atoms with Gasteiger partial charge in [-0.2, -0.15) is 0 Å². The van der Waals surface area contributed by atoms with Gasteiger partial charge < -0.3 is 14.5 Å². The number of amides is 1. The summed E-state index contributed by atoms with van der Waals surface area (Å²) in [4.78, 5) is 24.7. The van der Waals surface area contributed by atoms with Gasteiger partial charge in [-0.25, -0.2) is 0 Å². The van der Waals surface area contributed by atoms with Crippen LogP contribution in [0.1, 0.15) is 16.1 Å². The van der Waals surface area contributed by atoms with E-state index in [2.05, 4.69) is 5.32 Å². The Balaban J connectivity index is 1.75. The number of ketones is 1. The molecule has 0 bridgehead atoms. The molecule has 0 fully saturated rings. The van der Waals surface area contributed by atoms with Crippen molar-refractivity contribution in [1.29, 1.82) is 0 Å². The second kappa shape index (κ2) is 5.38. The van der Waals surface area contributed by atoms with Crippen molar-refractivity contribution in [3.63, 3.8) is 0 Å². The Hall–Kier alpha value is -3.34. The van der Waals surface area contributed by atoms with Crippen molar-refractivity contribution in [2.24, 2.45) is 0 Å². The number of fused-ring (bicyclic) bond motifs is 2. The summed E-state index contributed by atoms with van der Waals surface area (Å²) in [5.74, 6) is 0.148. The molecule has 0 aliphatic carbocycles. The first kappa shape index (κ1) is 14.3. The molecule has 1 aliphatic rings. The minimum absolute atomic E-state index is 0.202. The molecule has 3 aromatic rings. The molecule has 0 saturated carbocycles. The molecule has 24 heavy (non-hydrogen) atoms. The molecule has 0 atom stereocenters. The number of carbonyl (C=O) groups is 2. The fourth-order valence-corrected chi connectivity index (χ4v) is 2.74. The first-order valence-electron chi connectivity index (χ1n) is 7.40. The molecule has 1 aliphatic heterocycles. The number of para-hydroxylation sites is 1. The van der Waals surface area contributed by atoms with Gasteiger partial charge in [-0.05, 0) is 30.3 Å². The van der Waals surface area contributed by atoms with E-state index in [1.54, 1.807) is 37.4 Å². The van der Waals surface area contributed by atoms with Crippen molar-refractivity contribution in [2.75, 3.05) is 12.4 Å². The third-order valence-electron chi connectivity index (χ3n) is 3.95. The van der Waals surface area contributed by atoms with Crippen LogP contribution >= 0.6 is 0 Å². The van der Waals surface area contributed by atoms with E-state index in [1.807, 2.05) is 18.2 Å². The quantitative estimate of drug-likeness (QED) is 0.591. The van der Waals surface area contributed by atoms with Crippen LogP contribution in [-0.4, -0.2) is 18.8 Å². The monoisotopic (exact) mass is 319 g/mol. The zero-order valence-corrected chi connectivity index (χ0v) is 12.8. The fourth-order valence-electron chi connectivity index (χ4n) is 2.74. The van der Waals surface area contributed by atoms with Crippen LogP contribution in [0.5, 0.6) is 5.75 Å². The summed E-state index contributed by atoms with van der Waals surface area (Å²) < 4.78 is 10.7. The van der Waals surface area contributed by atoms with E-state index in [4.69, 9.17) is 9.15 Å². The van der Waals surface area contributed by atoms with Gasteiger partial charge in [0.2, 0.25) is 5.78 Å². The summed E-state index contributed by atoms with van der Waals surface area (Å²) in [5.41, 5.74) is 2.24. The molecular formula is C19H13NO4. The minimum Gasteiger partial charge on any atom is -0.497 e. The van der Waals surface area contributed by atoms with E-state index >= 15 is 0 Å². The molecular weight excluding hydrogens is 306 g/mol. The normalized spacial score (nSPS) is 14.7. The number of nitrogens with one attached hydrogen (secondary N) is 1. The van der Waals surface area contributed by atoms with Crippen molar-refractivity contribution < 1.29 is 18.7 Å². The van der Waals surface area contributed by atoms with Gasteiger partial charge in [0.05, 0.1) is 12.7 Å². The third-order valence-corrected chi connectivity index (χ3v) is 3.95. The SMILES string of the molecule is COc1ccc2c(c1)/C(=C/C(=O)c1cc3ccccc3o1)C(=O)N2. The van der Waals surface area contributed by atoms with Crippen molar-refractivity contribution >= 4 is 33.9 Å². The Bertz CT molecular complexity index is 980. The van der Waals surface area contributed by atoms with Crippen LogP contribution in [-0.2, 0) is 4.79 Å². The van der Waals surface area contributed by atoms with Crippen molar-refractivity contribution in [1.82, 2.24) is 0 Å². The number of rotatable bonds is 3. The van der Waals surface area contributed by atoms with Crippen molar-refractivity contribution in [2.45, 2.75) is 0 Å². The summed E-state index contributed by atoms with van der Waals surface area (Å²) in [6.07, 6.45) is 1.30. The maximum Gasteiger partial charge on any atom is 0.256 e. The standard InChI is InChI=1S/C19H13NO4/c1-23-12-6-7-15-13(9-12)14(19(22)20-15)10-16(21)18-8-11-4-2-3-5-17(11)24-18/h2-10H,1H3,(H,20,22)/b14-10-. The number of carbonyl (C=O) groups excluding carboxylic acids is 2. The molecule has 0 spiro atoms. The summed E-state index contributed by atoms with van der Waals surface area (Å²) in [7, 11) is 1.55. The third kappa shape index (κ3) is 2.27. The topological polar surface area (TPSA) is 68.5 Å². The lowest BCUT2D eigenvalue weighted by molar-refractivity contribution is -0.110. The average Bonchev–Trinajstić information content (AvgIpc) is 3.16. The Labute approximate surface area is 137 Å². The predicted octanol–water partition coefficient (Wildman–Crippen LogP) is 3.66. The summed E-state index contributed by atoms with van der Waals surface area (Å²) in [6.45, 7) is 0. The number of benzene rings is 2. The molecule has 118 valence electrons. The first-order chi connectivity index (χ1) is 11.7. The number of hydrogen-bond acceptors (Lipinski definition) is 4. The molecule has 0 radical (unpaired) electrons. The van der Waals surface area contributed by atoms with E-state index in [-0.39, 0.29) is 17.5 Å². The Morgan fingerprint density at radius 2 is 2.00 bits per heavy atom. The molecule has 0 unspecified atom stereocenters. The van der Waals surface area contributed by atoms with Crippen LogP contribution in [0.4, 0.5) is 5.69 Å². The largest absolute Gasteiger partial charge is 0.497 e. The molecule has 4 rings (SSSR count). The highest BCUT2D eigenvalue weighted by molar-refractivity contribution is 6.35. The highest BCUT2D eigenvalue weighted by Gasteiger charge is 2.26. The van der Waals surface area contributed by atoms with Crippen molar-refractivity contribution in [3.8, 4) is 5.75 Å². The Morgan fingerprint density at radius 3 is 2.79 bits per heavy atom.